The van der Waals surface area contributed by atoms with Crippen molar-refractivity contribution in [3.63, 3.8) is 0 Å². The van der Waals surface area contributed by atoms with Crippen molar-refractivity contribution >= 4 is 0 Å². The first-order valence-electron chi connectivity index (χ1n) is 6.27. The molecule has 102 valence electrons. The number of hydrogen-bond acceptors (Lipinski definition) is 4. The van der Waals surface area contributed by atoms with Crippen LogP contribution in [0.4, 0.5) is 0 Å². The van der Waals surface area contributed by atoms with E-state index in [1.807, 2.05) is 18.2 Å². The molecule has 0 bridgehead atoms. The minimum Gasteiger partial charge on any atom is -0.484 e. The lowest BCUT2D eigenvalue weighted by atomic mass is 9.94. The quantitative estimate of drug-likeness (QED) is 0.919. The maximum Gasteiger partial charge on any atom is 0.232 e. The van der Waals surface area contributed by atoms with E-state index in [4.69, 9.17) is 14.3 Å². The van der Waals surface area contributed by atoms with Gasteiger partial charge in [-0.2, -0.15) is 0 Å². The van der Waals surface area contributed by atoms with Crippen LogP contribution in [0.1, 0.15) is 38.0 Å². The second kappa shape index (κ2) is 5.45. The highest BCUT2D eigenvalue weighted by Gasteiger charge is 2.19. The van der Waals surface area contributed by atoms with Gasteiger partial charge in [-0.3, -0.25) is 0 Å². The molecule has 0 amide bonds. The highest BCUT2D eigenvalue weighted by molar-refractivity contribution is 5.28. The van der Waals surface area contributed by atoms with Gasteiger partial charge in [0.25, 0.3) is 0 Å². The normalized spacial score (nSPS) is 11.6. The minimum absolute atomic E-state index is 0.00434. The van der Waals surface area contributed by atoms with Gasteiger partial charge in [-0.1, -0.05) is 32.9 Å². The Kier molecular flexibility index (Phi) is 3.90. The molecule has 0 saturated heterocycles. The standard InChI is InChI=1S/C15H19NO3/c1-15(2,3)13-8-16-14(19-13)10-18-12-6-4-5-11(7-12)9-17/h4-8,17H,9-10H2,1-3H3. The van der Waals surface area contributed by atoms with Crippen LogP contribution in [0.5, 0.6) is 5.75 Å². The van der Waals surface area contributed by atoms with Crippen LogP contribution in [0.2, 0.25) is 0 Å². The van der Waals surface area contributed by atoms with Crippen LogP contribution in [0.25, 0.3) is 0 Å². The predicted octanol–water partition coefficient (Wildman–Crippen LogP) is 3.04. The SMILES string of the molecule is CC(C)(C)c1cnc(COc2cccc(CO)c2)o1. The zero-order valence-electron chi connectivity index (χ0n) is 11.5. The van der Waals surface area contributed by atoms with Crippen LogP contribution >= 0.6 is 0 Å². The van der Waals surface area contributed by atoms with E-state index in [-0.39, 0.29) is 18.6 Å². The van der Waals surface area contributed by atoms with E-state index >= 15 is 0 Å². The molecule has 2 aromatic rings. The molecule has 0 aliphatic heterocycles. The summed E-state index contributed by atoms with van der Waals surface area (Å²) in [7, 11) is 0. The van der Waals surface area contributed by atoms with Crippen molar-refractivity contribution in [3.8, 4) is 5.75 Å². The molecule has 0 spiro atoms. The number of oxazole rings is 1. The van der Waals surface area contributed by atoms with Crippen LogP contribution in [0, 0.1) is 0 Å². The Hall–Kier alpha value is -1.81. The number of aromatic nitrogens is 1. The average Bonchev–Trinajstić information content (AvgIpc) is 2.85. The Morgan fingerprint density at radius 2 is 2.11 bits per heavy atom. The number of rotatable bonds is 4. The molecule has 19 heavy (non-hydrogen) atoms. The molecular weight excluding hydrogens is 242 g/mol. The van der Waals surface area contributed by atoms with Gasteiger partial charge in [-0.05, 0) is 17.7 Å². The third-order valence-electron chi connectivity index (χ3n) is 2.74. The molecule has 0 aliphatic rings. The van der Waals surface area contributed by atoms with Crippen molar-refractivity contribution in [3.05, 3.63) is 47.7 Å². The highest BCUT2D eigenvalue weighted by Crippen LogP contribution is 2.23. The van der Waals surface area contributed by atoms with Crippen molar-refractivity contribution < 1.29 is 14.3 Å². The number of aliphatic hydroxyl groups is 1. The Bertz CT molecular complexity index is 540. The molecule has 4 heteroatoms. The van der Waals surface area contributed by atoms with Crippen molar-refractivity contribution in [1.82, 2.24) is 4.98 Å². The fraction of sp³-hybridized carbons (Fsp3) is 0.400. The Morgan fingerprint density at radius 3 is 2.74 bits per heavy atom. The topological polar surface area (TPSA) is 55.5 Å². The van der Waals surface area contributed by atoms with Gasteiger partial charge in [-0.15, -0.1) is 0 Å². The molecule has 0 unspecified atom stereocenters. The number of nitrogens with zero attached hydrogens (tertiary/aromatic N) is 1. The molecule has 4 nitrogen and oxygen atoms in total. The summed E-state index contributed by atoms with van der Waals surface area (Å²) in [5.41, 5.74) is 0.766. The summed E-state index contributed by atoms with van der Waals surface area (Å²) >= 11 is 0. The second-order valence-electron chi connectivity index (χ2n) is 5.46. The summed E-state index contributed by atoms with van der Waals surface area (Å²) in [5, 5.41) is 9.05. The van der Waals surface area contributed by atoms with Crippen molar-refractivity contribution in [2.24, 2.45) is 0 Å². The van der Waals surface area contributed by atoms with E-state index < -0.39 is 0 Å². The molecule has 2 rings (SSSR count). The smallest absolute Gasteiger partial charge is 0.232 e. The van der Waals surface area contributed by atoms with Gasteiger partial charge in [0.2, 0.25) is 5.89 Å². The first-order valence-corrected chi connectivity index (χ1v) is 6.27. The van der Waals surface area contributed by atoms with E-state index in [9.17, 15) is 0 Å². The third kappa shape index (κ3) is 3.58. The molecule has 0 fully saturated rings. The average molecular weight is 261 g/mol. The van der Waals surface area contributed by atoms with Gasteiger partial charge >= 0.3 is 0 Å². The van der Waals surface area contributed by atoms with Crippen LogP contribution in [-0.4, -0.2) is 10.1 Å². The van der Waals surface area contributed by atoms with Crippen LogP contribution < -0.4 is 4.74 Å². The monoisotopic (exact) mass is 261 g/mol. The molecule has 1 heterocycles. The van der Waals surface area contributed by atoms with E-state index in [2.05, 4.69) is 25.8 Å². The second-order valence-corrected chi connectivity index (χ2v) is 5.46. The van der Waals surface area contributed by atoms with Gasteiger partial charge in [0.15, 0.2) is 6.61 Å². The molecule has 1 aromatic heterocycles. The number of aliphatic hydroxyl groups excluding tert-OH is 1. The lowest BCUT2D eigenvalue weighted by Crippen LogP contribution is -2.09. The maximum atomic E-state index is 9.05. The largest absolute Gasteiger partial charge is 0.484 e. The molecule has 0 radical (unpaired) electrons. The van der Waals surface area contributed by atoms with Crippen molar-refractivity contribution in [2.75, 3.05) is 0 Å². The third-order valence-corrected chi connectivity index (χ3v) is 2.74. The molecular formula is C15H19NO3. The van der Waals surface area contributed by atoms with Crippen molar-refractivity contribution in [2.45, 2.75) is 39.4 Å². The fourth-order valence-electron chi connectivity index (χ4n) is 1.60. The first kappa shape index (κ1) is 13.6. The summed E-state index contributed by atoms with van der Waals surface area (Å²) < 4.78 is 11.2. The maximum absolute atomic E-state index is 9.05. The summed E-state index contributed by atoms with van der Waals surface area (Å²) in [6, 6.07) is 7.33. The lowest BCUT2D eigenvalue weighted by Gasteiger charge is -2.13. The lowest BCUT2D eigenvalue weighted by molar-refractivity contribution is 0.249. The number of ether oxygens (including phenoxy) is 1. The summed E-state index contributed by atoms with van der Waals surface area (Å²) in [4.78, 5) is 4.20. The van der Waals surface area contributed by atoms with Gasteiger partial charge in [0, 0.05) is 5.41 Å². The van der Waals surface area contributed by atoms with Crippen molar-refractivity contribution in [1.29, 1.82) is 0 Å². The van der Waals surface area contributed by atoms with Gasteiger partial charge in [-0.25, -0.2) is 4.98 Å². The van der Waals surface area contributed by atoms with Gasteiger partial charge in [0.05, 0.1) is 12.8 Å². The Balaban J connectivity index is 2.00. The van der Waals surface area contributed by atoms with E-state index in [1.54, 1.807) is 12.3 Å². The zero-order valence-corrected chi connectivity index (χ0v) is 11.5. The van der Waals surface area contributed by atoms with Crippen LogP contribution in [0.15, 0.2) is 34.9 Å². The van der Waals surface area contributed by atoms with E-state index in [1.165, 1.54) is 0 Å². The highest BCUT2D eigenvalue weighted by atomic mass is 16.5. The van der Waals surface area contributed by atoms with E-state index in [0.717, 1.165) is 11.3 Å². The van der Waals surface area contributed by atoms with E-state index in [0.29, 0.717) is 11.6 Å². The fourth-order valence-corrected chi connectivity index (χ4v) is 1.60. The summed E-state index contributed by atoms with van der Waals surface area (Å²) in [6.07, 6.45) is 1.74. The molecule has 1 aromatic carbocycles. The number of hydrogen-bond donors (Lipinski definition) is 1. The minimum atomic E-state index is -0.0535. The molecule has 0 atom stereocenters. The molecule has 0 aliphatic carbocycles. The van der Waals surface area contributed by atoms with Gasteiger partial charge < -0.3 is 14.3 Å². The Labute approximate surface area is 113 Å². The zero-order chi connectivity index (χ0) is 13.9. The van der Waals surface area contributed by atoms with Gasteiger partial charge in [0.1, 0.15) is 11.5 Å². The molecule has 1 N–H and O–H groups in total. The van der Waals surface area contributed by atoms with Crippen LogP contribution in [0.3, 0.4) is 0 Å². The summed E-state index contributed by atoms with van der Waals surface area (Å²) in [5.74, 6) is 2.09. The number of benzene rings is 1. The summed E-state index contributed by atoms with van der Waals surface area (Å²) in [6.45, 7) is 6.50. The van der Waals surface area contributed by atoms with Crippen LogP contribution in [-0.2, 0) is 18.6 Å². The molecule has 0 saturated carbocycles. The first-order chi connectivity index (χ1) is 8.99. The predicted molar refractivity (Wildman–Crippen MR) is 71.9 cm³/mol. The Morgan fingerprint density at radius 1 is 1.32 bits per heavy atom.